The van der Waals surface area contributed by atoms with Crippen LogP contribution >= 0.6 is 0 Å². The van der Waals surface area contributed by atoms with E-state index in [1.54, 1.807) is 16.5 Å². The van der Waals surface area contributed by atoms with Crippen molar-refractivity contribution in [1.82, 2.24) is 15.4 Å². The van der Waals surface area contributed by atoms with E-state index in [0.29, 0.717) is 32.0 Å². The number of aromatic nitrogens is 1. The normalized spacial score (nSPS) is 14.2. The highest BCUT2D eigenvalue weighted by Crippen LogP contribution is 2.20. The first-order chi connectivity index (χ1) is 17.6. The van der Waals surface area contributed by atoms with E-state index in [4.69, 9.17) is 14.7 Å². The van der Waals surface area contributed by atoms with Crippen molar-refractivity contribution in [2.45, 2.75) is 32.2 Å². The van der Waals surface area contributed by atoms with Crippen molar-refractivity contribution in [3.8, 4) is 0 Å². The molecule has 1 aliphatic heterocycles. The molecule has 1 fully saturated rings. The monoisotopic (exact) mass is 491 g/mol. The molecule has 1 saturated heterocycles. The third-order valence-corrected chi connectivity index (χ3v) is 6.57. The average molecular weight is 492 g/mol. The Hall–Kier alpha value is -3.62. The number of nitrogens with one attached hydrogen (secondary N) is 2. The Balaban J connectivity index is 1.40. The number of carbonyl (C=O) groups excluding carboxylic acids is 2. The van der Waals surface area contributed by atoms with E-state index >= 15 is 0 Å². The Morgan fingerprint density at radius 3 is 2.69 bits per heavy atom. The quantitative estimate of drug-likeness (QED) is 0.217. The zero-order chi connectivity index (χ0) is 25.2. The fraction of sp³-hybridized carbons (Fsp3) is 0.357. The second-order valence-corrected chi connectivity index (χ2v) is 9.04. The summed E-state index contributed by atoms with van der Waals surface area (Å²) in [6.45, 7) is 2.91. The van der Waals surface area contributed by atoms with Gasteiger partial charge in [0, 0.05) is 49.5 Å². The first-order valence-corrected chi connectivity index (χ1v) is 12.4. The van der Waals surface area contributed by atoms with Gasteiger partial charge in [-0.15, -0.1) is 0 Å². The van der Waals surface area contributed by atoms with Gasteiger partial charge >= 0.3 is 6.09 Å². The molecule has 3 aromatic rings. The first kappa shape index (κ1) is 25.5. The number of fused-ring (bicyclic) bond motifs is 1. The minimum Gasteiger partial charge on any atom is -0.449 e. The number of hydrogen-bond donors (Lipinski definition) is 3. The highest BCUT2D eigenvalue weighted by Gasteiger charge is 2.19. The van der Waals surface area contributed by atoms with Gasteiger partial charge in [-0.1, -0.05) is 42.5 Å². The lowest BCUT2D eigenvalue weighted by Crippen LogP contribution is -2.33. The molecule has 8 nitrogen and oxygen atoms in total. The number of aromatic amines is 1. The van der Waals surface area contributed by atoms with E-state index in [1.165, 1.54) is 6.08 Å². The average Bonchev–Trinajstić information content (AvgIpc) is 3.34. The van der Waals surface area contributed by atoms with Gasteiger partial charge < -0.3 is 19.4 Å². The molecular formula is C28H33N3O5. The number of H-pyrrole nitrogens is 1. The Labute approximate surface area is 210 Å². The summed E-state index contributed by atoms with van der Waals surface area (Å²) in [6.07, 6.45) is 8.14. The second-order valence-electron chi connectivity index (χ2n) is 9.04. The highest BCUT2D eigenvalue weighted by atomic mass is 16.6. The van der Waals surface area contributed by atoms with Crippen LogP contribution in [0.2, 0.25) is 0 Å². The van der Waals surface area contributed by atoms with Crippen LogP contribution in [0, 0.1) is 5.92 Å². The number of benzene rings is 2. The topological polar surface area (TPSA) is 104 Å². The molecule has 0 saturated carbocycles. The van der Waals surface area contributed by atoms with E-state index in [-0.39, 0.29) is 6.09 Å². The van der Waals surface area contributed by atoms with Gasteiger partial charge in [0.05, 0.1) is 6.61 Å². The SMILES string of the molecule is O=C(C=Cc1ccc(CN(CCc2c[nH]c3ccccc23)C(=O)OCCC2CCOCC2)cc1)NO. The lowest BCUT2D eigenvalue weighted by molar-refractivity contribution is -0.124. The van der Waals surface area contributed by atoms with Crippen LogP contribution in [-0.2, 0) is 27.2 Å². The molecule has 0 bridgehead atoms. The molecule has 2 amide bonds. The van der Waals surface area contributed by atoms with Crippen molar-refractivity contribution < 1.29 is 24.3 Å². The maximum atomic E-state index is 13.1. The van der Waals surface area contributed by atoms with E-state index in [2.05, 4.69) is 11.1 Å². The fourth-order valence-electron chi connectivity index (χ4n) is 4.43. The molecule has 1 aliphatic rings. The number of amides is 2. The van der Waals surface area contributed by atoms with Crippen LogP contribution in [0.3, 0.4) is 0 Å². The summed E-state index contributed by atoms with van der Waals surface area (Å²) in [6, 6.07) is 15.7. The highest BCUT2D eigenvalue weighted by molar-refractivity contribution is 5.90. The van der Waals surface area contributed by atoms with Gasteiger partial charge in [-0.2, -0.15) is 0 Å². The molecule has 3 N–H and O–H groups in total. The summed E-state index contributed by atoms with van der Waals surface area (Å²) < 4.78 is 11.1. The van der Waals surface area contributed by atoms with E-state index in [1.807, 2.05) is 48.7 Å². The molecule has 2 aromatic carbocycles. The van der Waals surface area contributed by atoms with Crippen LogP contribution in [0.4, 0.5) is 4.79 Å². The molecule has 0 unspecified atom stereocenters. The molecule has 0 aliphatic carbocycles. The van der Waals surface area contributed by atoms with Crippen LogP contribution in [0.15, 0.2) is 60.8 Å². The third-order valence-electron chi connectivity index (χ3n) is 6.57. The minimum absolute atomic E-state index is 0.314. The largest absolute Gasteiger partial charge is 0.449 e. The molecule has 8 heteroatoms. The maximum absolute atomic E-state index is 13.1. The molecule has 4 rings (SSSR count). The molecule has 36 heavy (non-hydrogen) atoms. The van der Waals surface area contributed by atoms with Gasteiger partial charge in [0.2, 0.25) is 0 Å². The Kier molecular flexibility index (Phi) is 9.13. The first-order valence-electron chi connectivity index (χ1n) is 12.4. The fourth-order valence-corrected chi connectivity index (χ4v) is 4.43. The Morgan fingerprint density at radius 2 is 1.92 bits per heavy atom. The van der Waals surface area contributed by atoms with Gasteiger partial charge in [0.1, 0.15) is 0 Å². The number of hydrogen-bond acceptors (Lipinski definition) is 5. The second kappa shape index (κ2) is 12.9. The van der Waals surface area contributed by atoms with Gasteiger partial charge in [0.25, 0.3) is 5.91 Å². The minimum atomic E-state index is -0.592. The summed E-state index contributed by atoms with van der Waals surface area (Å²) in [7, 11) is 0. The van der Waals surface area contributed by atoms with Crippen molar-refractivity contribution >= 4 is 29.0 Å². The van der Waals surface area contributed by atoms with E-state index in [0.717, 1.165) is 60.1 Å². The molecular weight excluding hydrogens is 458 g/mol. The van der Waals surface area contributed by atoms with Crippen LogP contribution in [0.25, 0.3) is 17.0 Å². The maximum Gasteiger partial charge on any atom is 0.410 e. The molecule has 0 spiro atoms. The summed E-state index contributed by atoms with van der Waals surface area (Å²) in [5.41, 5.74) is 5.58. The predicted molar refractivity (Wildman–Crippen MR) is 137 cm³/mol. The van der Waals surface area contributed by atoms with Crippen molar-refractivity contribution in [2.75, 3.05) is 26.4 Å². The molecule has 190 valence electrons. The van der Waals surface area contributed by atoms with Crippen LogP contribution < -0.4 is 5.48 Å². The van der Waals surface area contributed by atoms with E-state index < -0.39 is 5.91 Å². The smallest absolute Gasteiger partial charge is 0.410 e. The van der Waals surface area contributed by atoms with E-state index in [9.17, 15) is 9.59 Å². The zero-order valence-corrected chi connectivity index (χ0v) is 20.3. The number of carbonyl (C=O) groups is 2. The summed E-state index contributed by atoms with van der Waals surface area (Å²) in [5.74, 6) is -0.0502. The van der Waals surface area contributed by atoms with Gasteiger partial charge in [-0.25, -0.2) is 10.3 Å². The van der Waals surface area contributed by atoms with Crippen molar-refractivity contribution in [2.24, 2.45) is 5.92 Å². The van der Waals surface area contributed by atoms with Crippen molar-refractivity contribution in [3.05, 3.63) is 77.5 Å². The number of rotatable bonds is 10. The number of hydroxylamine groups is 1. The van der Waals surface area contributed by atoms with Gasteiger partial charge in [-0.05, 0) is 60.4 Å². The standard InChI is InChI=1S/C28H33N3O5/c32-27(30-34)10-9-21-5-7-23(8-6-21)20-31(28(33)36-18-14-22-12-16-35-17-13-22)15-11-24-19-29-26-4-2-1-3-25(24)26/h1-10,19,22,29,34H,11-18,20H2,(H,30,32). The molecule has 0 radical (unpaired) electrons. The third kappa shape index (κ3) is 7.19. The van der Waals surface area contributed by atoms with Crippen LogP contribution in [0.1, 0.15) is 36.0 Å². The van der Waals surface area contributed by atoms with Gasteiger partial charge in [-0.3, -0.25) is 10.0 Å². The number of ether oxygens (including phenoxy) is 2. The number of para-hydroxylation sites is 1. The van der Waals surface area contributed by atoms with Gasteiger partial charge in [0.15, 0.2) is 0 Å². The Morgan fingerprint density at radius 1 is 1.14 bits per heavy atom. The lowest BCUT2D eigenvalue weighted by atomic mass is 9.97. The Bertz CT molecular complexity index is 1170. The predicted octanol–water partition coefficient (Wildman–Crippen LogP) is 4.68. The van der Waals surface area contributed by atoms with Crippen molar-refractivity contribution in [1.29, 1.82) is 0 Å². The van der Waals surface area contributed by atoms with Crippen LogP contribution in [0.5, 0.6) is 0 Å². The van der Waals surface area contributed by atoms with Crippen LogP contribution in [-0.4, -0.2) is 53.5 Å². The summed E-state index contributed by atoms with van der Waals surface area (Å²) >= 11 is 0. The van der Waals surface area contributed by atoms with Crippen molar-refractivity contribution in [3.63, 3.8) is 0 Å². The number of nitrogens with zero attached hydrogens (tertiary/aromatic N) is 1. The molecule has 0 atom stereocenters. The molecule has 2 heterocycles. The summed E-state index contributed by atoms with van der Waals surface area (Å²) in [4.78, 5) is 29.3. The zero-order valence-electron chi connectivity index (χ0n) is 20.3. The summed E-state index contributed by atoms with van der Waals surface area (Å²) in [5, 5.41) is 9.77. The molecule has 1 aromatic heterocycles. The lowest BCUT2D eigenvalue weighted by Gasteiger charge is -2.24.